The number of carbonyl (C=O) groups is 3. The number of nitrogens with zero attached hydrogens (tertiary/aromatic N) is 2. The van der Waals surface area contributed by atoms with Gasteiger partial charge in [-0.05, 0) is 32.3 Å². The number of carbonyl (C=O) groups excluding carboxylic acids is 3. The van der Waals surface area contributed by atoms with Crippen molar-refractivity contribution in [2.75, 3.05) is 18.1 Å². The van der Waals surface area contributed by atoms with E-state index in [1.807, 2.05) is 13.8 Å². The van der Waals surface area contributed by atoms with Crippen molar-refractivity contribution >= 4 is 41.4 Å². The van der Waals surface area contributed by atoms with Crippen molar-refractivity contribution in [3.8, 4) is 12.1 Å². The number of thioether (sulfide) groups is 2. The Morgan fingerprint density at radius 1 is 1.00 bits per heavy atom. The lowest BCUT2D eigenvalue weighted by molar-refractivity contribution is -0.271. The third-order valence-electron chi connectivity index (χ3n) is 5.81. The van der Waals surface area contributed by atoms with Gasteiger partial charge in [0.25, 0.3) is 0 Å². The SMILES string of the molecule is CCSC(SCC)[C@](C)(OC(C)=O)[C@@](C)(OC(C)=O)[C@@](C)(OC(C)=O)C1CNC(=C(C#N)C#N)O1. The molecule has 4 atom stereocenters. The fourth-order valence-corrected chi connectivity index (χ4v) is 7.07. The lowest BCUT2D eigenvalue weighted by Crippen LogP contribution is -2.74. The summed E-state index contributed by atoms with van der Waals surface area (Å²) in [6.45, 7) is 12.3. The summed E-state index contributed by atoms with van der Waals surface area (Å²) in [4.78, 5) is 37.2. The van der Waals surface area contributed by atoms with Crippen molar-refractivity contribution in [3.63, 3.8) is 0 Å². The molecule has 1 rings (SSSR count). The van der Waals surface area contributed by atoms with Crippen molar-refractivity contribution in [1.82, 2.24) is 5.32 Å². The first kappa shape index (κ1) is 30.5. The molecular weight excluding hydrogens is 494 g/mol. The normalized spacial score (nSPS) is 20.0. The van der Waals surface area contributed by atoms with Gasteiger partial charge in [-0.15, -0.1) is 23.5 Å². The predicted molar refractivity (Wildman–Crippen MR) is 132 cm³/mol. The van der Waals surface area contributed by atoms with Crippen LogP contribution in [-0.2, 0) is 33.3 Å². The summed E-state index contributed by atoms with van der Waals surface area (Å²) in [5.41, 5.74) is -5.32. The third kappa shape index (κ3) is 6.36. The second-order valence-electron chi connectivity index (χ2n) is 8.19. The molecule has 0 aromatic rings. The number of allylic oxidation sites excluding steroid dienone is 1. The molecule has 194 valence electrons. The highest BCUT2D eigenvalue weighted by Gasteiger charge is 2.70. The fraction of sp³-hybridized carbons (Fsp3) is 0.696. The molecule has 1 fully saturated rings. The van der Waals surface area contributed by atoms with E-state index in [9.17, 15) is 24.9 Å². The van der Waals surface area contributed by atoms with Crippen LogP contribution in [-0.4, -0.2) is 63.4 Å². The van der Waals surface area contributed by atoms with Gasteiger partial charge in [0.2, 0.25) is 5.88 Å². The first-order valence-corrected chi connectivity index (χ1v) is 13.1. The van der Waals surface area contributed by atoms with E-state index in [-0.39, 0.29) is 18.0 Å². The average Bonchev–Trinajstić information content (AvgIpc) is 3.23. The molecule has 0 amide bonds. The summed E-state index contributed by atoms with van der Waals surface area (Å²) >= 11 is 2.99. The van der Waals surface area contributed by atoms with Crippen molar-refractivity contribution in [2.45, 2.75) is 82.9 Å². The van der Waals surface area contributed by atoms with Crippen molar-refractivity contribution < 1.29 is 33.3 Å². The summed E-state index contributed by atoms with van der Waals surface area (Å²) in [6, 6.07) is 3.49. The minimum Gasteiger partial charge on any atom is -0.468 e. The zero-order valence-electron chi connectivity index (χ0n) is 21.3. The first-order valence-electron chi connectivity index (χ1n) is 11.0. The van der Waals surface area contributed by atoms with E-state index in [2.05, 4.69) is 5.32 Å². The lowest BCUT2D eigenvalue weighted by Gasteiger charge is -2.55. The minimum absolute atomic E-state index is 0.0193. The molecule has 0 aliphatic carbocycles. The molecule has 1 heterocycles. The summed E-state index contributed by atoms with van der Waals surface area (Å²) < 4.78 is 23.2. The largest absolute Gasteiger partial charge is 0.468 e. The van der Waals surface area contributed by atoms with Gasteiger partial charge in [0.1, 0.15) is 12.1 Å². The van der Waals surface area contributed by atoms with Crippen LogP contribution in [0.15, 0.2) is 11.5 Å². The summed E-state index contributed by atoms with van der Waals surface area (Å²) in [5.74, 6) is -0.756. The molecular formula is C23H33N3O7S2. The van der Waals surface area contributed by atoms with E-state index in [1.54, 1.807) is 26.0 Å². The molecule has 0 radical (unpaired) electrons. The Morgan fingerprint density at radius 2 is 1.49 bits per heavy atom. The Morgan fingerprint density at radius 3 is 1.89 bits per heavy atom. The number of nitriles is 2. The van der Waals surface area contributed by atoms with Gasteiger partial charge in [0, 0.05) is 20.8 Å². The van der Waals surface area contributed by atoms with Crippen LogP contribution >= 0.6 is 23.5 Å². The molecule has 1 saturated heterocycles. The van der Waals surface area contributed by atoms with Crippen LogP contribution in [0, 0.1) is 22.7 Å². The molecule has 0 saturated carbocycles. The number of nitrogens with one attached hydrogen (secondary N) is 1. The molecule has 35 heavy (non-hydrogen) atoms. The summed E-state index contributed by atoms with van der Waals surface area (Å²) in [5, 5.41) is 21.3. The maximum Gasteiger partial charge on any atom is 0.303 e. The minimum atomic E-state index is -1.78. The fourth-order valence-electron chi connectivity index (χ4n) is 4.08. The highest BCUT2D eigenvalue weighted by molar-refractivity contribution is 8.17. The number of hydrogen-bond acceptors (Lipinski definition) is 12. The van der Waals surface area contributed by atoms with E-state index < -0.39 is 45.4 Å². The van der Waals surface area contributed by atoms with E-state index in [0.29, 0.717) is 11.5 Å². The van der Waals surface area contributed by atoms with Gasteiger partial charge in [-0.2, -0.15) is 10.5 Å². The Labute approximate surface area is 215 Å². The van der Waals surface area contributed by atoms with Gasteiger partial charge in [-0.25, -0.2) is 0 Å². The monoisotopic (exact) mass is 527 g/mol. The highest BCUT2D eigenvalue weighted by atomic mass is 32.2. The Kier molecular flexibility index (Phi) is 10.8. The van der Waals surface area contributed by atoms with Crippen LogP contribution in [0.5, 0.6) is 0 Å². The molecule has 0 aromatic carbocycles. The van der Waals surface area contributed by atoms with E-state index in [0.717, 1.165) is 0 Å². The molecule has 12 heteroatoms. The number of ether oxygens (including phenoxy) is 4. The van der Waals surface area contributed by atoms with Crippen molar-refractivity contribution in [1.29, 1.82) is 10.5 Å². The van der Waals surface area contributed by atoms with Crippen LogP contribution in [0.2, 0.25) is 0 Å². The maximum atomic E-state index is 12.5. The van der Waals surface area contributed by atoms with Crippen LogP contribution in [0.4, 0.5) is 0 Å². The van der Waals surface area contributed by atoms with Crippen molar-refractivity contribution in [2.24, 2.45) is 0 Å². The molecule has 0 spiro atoms. The average molecular weight is 528 g/mol. The van der Waals surface area contributed by atoms with Gasteiger partial charge < -0.3 is 24.3 Å². The molecule has 0 bridgehead atoms. The predicted octanol–water partition coefficient (Wildman–Crippen LogP) is 3.03. The zero-order chi connectivity index (χ0) is 27.0. The van der Waals surface area contributed by atoms with Crippen molar-refractivity contribution in [3.05, 3.63) is 11.5 Å². The lowest BCUT2D eigenvalue weighted by atomic mass is 9.70. The molecule has 1 N–H and O–H groups in total. The summed E-state index contributed by atoms with van der Waals surface area (Å²) in [7, 11) is 0. The highest BCUT2D eigenvalue weighted by Crippen LogP contribution is 2.51. The topological polar surface area (TPSA) is 148 Å². The number of hydrogen-bond donors (Lipinski definition) is 1. The second kappa shape index (κ2) is 12.4. The van der Waals surface area contributed by atoms with Crippen LogP contribution in [0.1, 0.15) is 55.4 Å². The van der Waals surface area contributed by atoms with E-state index in [1.165, 1.54) is 51.2 Å². The number of rotatable bonds is 11. The number of esters is 3. The molecule has 1 aliphatic rings. The van der Waals surface area contributed by atoms with Gasteiger partial charge >= 0.3 is 17.9 Å². The quantitative estimate of drug-likeness (QED) is 0.182. The Bertz CT molecular complexity index is 922. The molecule has 1 unspecified atom stereocenters. The molecule has 0 aromatic heterocycles. The van der Waals surface area contributed by atoms with E-state index >= 15 is 0 Å². The van der Waals surface area contributed by atoms with Gasteiger partial charge in [-0.3, -0.25) is 14.4 Å². The Hall–Kier alpha value is -2.57. The van der Waals surface area contributed by atoms with Gasteiger partial charge in [-0.1, -0.05) is 13.8 Å². The maximum absolute atomic E-state index is 12.5. The summed E-state index contributed by atoms with van der Waals surface area (Å²) in [6.07, 6.45) is -1.02. The zero-order valence-corrected chi connectivity index (χ0v) is 23.0. The molecule has 10 nitrogen and oxygen atoms in total. The van der Waals surface area contributed by atoms with E-state index in [4.69, 9.17) is 18.9 Å². The smallest absolute Gasteiger partial charge is 0.303 e. The Balaban J connectivity index is 3.93. The van der Waals surface area contributed by atoms with Crippen LogP contribution in [0.25, 0.3) is 0 Å². The second-order valence-corrected chi connectivity index (χ2v) is 11.2. The van der Waals surface area contributed by atoms with Crippen LogP contribution in [0.3, 0.4) is 0 Å². The standard InChI is InChI=1S/C23H33N3O7S2/c1-9-34-20(35-10-2)22(7,32-15(4)28)23(8,33-16(5)29)21(6,31-14(3)27)18-13-26-19(30-18)17(11-24)12-25/h18,20,26H,9-10,13H2,1-8H3/t18?,21-,22-,23-/m0/s1. The third-order valence-corrected chi connectivity index (χ3v) is 8.80. The molecule has 1 aliphatic heterocycles. The first-order chi connectivity index (χ1) is 16.3. The van der Waals surface area contributed by atoms with Crippen LogP contribution < -0.4 is 5.32 Å². The van der Waals surface area contributed by atoms with Gasteiger partial charge in [0.15, 0.2) is 28.5 Å². The van der Waals surface area contributed by atoms with Gasteiger partial charge in [0.05, 0.1) is 11.1 Å².